The molecule has 1 aromatic carbocycles. The highest BCUT2D eigenvalue weighted by Crippen LogP contribution is 2.28. The van der Waals surface area contributed by atoms with Crippen LogP contribution in [0.2, 0.25) is 5.02 Å². The second kappa shape index (κ2) is 8.40. The average Bonchev–Trinajstić information content (AvgIpc) is 2.97. The molecule has 2 atom stereocenters. The molecule has 142 valence electrons. The third kappa shape index (κ3) is 4.66. The van der Waals surface area contributed by atoms with Crippen molar-refractivity contribution in [1.29, 1.82) is 0 Å². The molecule has 1 fully saturated rings. The zero-order valence-corrected chi connectivity index (χ0v) is 16.0. The molecule has 0 saturated carbocycles. The fourth-order valence-electron chi connectivity index (χ4n) is 2.72. The van der Waals surface area contributed by atoms with Gasteiger partial charge in [-0.1, -0.05) is 11.6 Å². The highest BCUT2D eigenvalue weighted by molar-refractivity contribution is 6.31. The smallest absolute Gasteiger partial charge is 0.312 e. The van der Waals surface area contributed by atoms with Gasteiger partial charge in [0.05, 0.1) is 18.7 Å². The van der Waals surface area contributed by atoms with Crippen LogP contribution in [0.25, 0.3) is 0 Å². The average molecular weight is 383 g/mol. The zero-order valence-electron chi connectivity index (χ0n) is 15.2. The second-order valence-corrected chi connectivity index (χ2v) is 6.89. The van der Waals surface area contributed by atoms with Crippen molar-refractivity contribution in [2.45, 2.75) is 39.3 Å². The van der Waals surface area contributed by atoms with E-state index in [0.29, 0.717) is 23.0 Å². The normalized spacial score (nSPS) is 18.0. The minimum Gasteiger partial charge on any atom is -0.495 e. The summed E-state index contributed by atoms with van der Waals surface area (Å²) in [5.41, 5.74) is 0.384. The van der Waals surface area contributed by atoms with Gasteiger partial charge in [-0.2, -0.15) is 0 Å². The van der Waals surface area contributed by atoms with Crippen LogP contribution in [0.4, 0.5) is 5.69 Å². The fraction of sp³-hybridized carbons (Fsp3) is 0.500. The lowest BCUT2D eigenvalue weighted by Crippen LogP contribution is -2.35. The number of rotatable bonds is 6. The summed E-state index contributed by atoms with van der Waals surface area (Å²) < 4.78 is 10.4. The van der Waals surface area contributed by atoms with Crippen molar-refractivity contribution < 1.29 is 23.9 Å². The molecule has 1 aromatic rings. The van der Waals surface area contributed by atoms with Crippen molar-refractivity contribution in [2.75, 3.05) is 19.0 Å². The van der Waals surface area contributed by atoms with E-state index in [4.69, 9.17) is 21.1 Å². The summed E-state index contributed by atoms with van der Waals surface area (Å²) in [6.07, 6.45) is -0.914. The predicted molar refractivity (Wildman–Crippen MR) is 97.1 cm³/mol. The number of hydrogen-bond donors (Lipinski definition) is 1. The fourth-order valence-corrected chi connectivity index (χ4v) is 2.90. The van der Waals surface area contributed by atoms with Crippen LogP contribution in [0.3, 0.4) is 0 Å². The first kappa shape index (κ1) is 20.0. The Bertz CT molecular complexity index is 707. The van der Waals surface area contributed by atoms with E-state index in [1.807, 2.05) is 13.8 Å². The van der Waals surface area contributed by atoms with Crippen LogP contribution in [-0.2, 0) is 19.1 Å². The highest BCUT2D eigenvalue weighted by Gasteiger charge is 2.37. The summed E-state index contributed by atoms with van der Waals surface area (Å²) in [5, 5.41) is 3.07. The van der Waals surface area contributed by atoms with Gasteiger partial charge in [0, 0.05) is 24.0 Å². The Balaban J connectivity index is 1.96. The number of benzene rings is 1. The Morgan fingerprint density at radius 1 is 1.31 bits per heavy atom. The van der Waals surface area contributed by atoms with Gasteiger partial charge in [0.1, 0.15) is 5.75 Å². The topological polar surface area (TPSA) is 84.9 Å². The SMILES string of the molecule is COc1ccc(Cl)cc1NC(=O)C(C)OC(=O)C1CC(=O)N(C(C)C)C1. The Kier molecular flexibility index (Phi) is 6.47. The van der Waals surface area contributed by atoms with Gasteiger partial charge < -0.3 is 19.7 Å². The van der Waals surface area contributed by atoms with Gasteiger partial charge in [0.25, 0.3) is 5.91 Å². The molecule has 0 radical (unpaired) electrons. The number of likely N-dealkylation sites (tertiary alicyclic amines) is 1. The first-order valence-electron chi connectivity index (χ1n) is 8.37. The standard InChI is InChI=1S/C18H23ClN2O5/c1-10(2)21-9-12(7-16(21)22)18(24)26-11(3)17(23)20-14-8-13(19)5-6-15(14)25-4/h5-6,8,10-12H,7,9H2,1-4H3,(H,20,23). The molecule has 26 heavy (non-hydrogen) atoms. The number of halogens is 1. The summed E-state index contributed by atoms with van der Waals surface area (Å²) in [7, 11) is 1.47. The molecule has 0 bridgehead atoms. The van der Waals surface area contributed by atoms with Gasteiger partial charge in [-0.15, -0.1) is 0 Å². The molecule has 1 N–H and O–H groups in total. The van der Waals surface area contributed by atoms with E-state index in [2.05, 4.69) is 5.32 Å². The minimum absolute atomic E-state index is 0.0244. The Morgan fingerprint density at radius 2 is 2.00 bits per heavy atom. The van der Waals surface area contributed by atoms with Crippen LogP contribution >= 0.6 is 11.6 Å². The number of methoxy groups -OCH3 is 1. The van der Waals surface area contributed by atoms with Gasteiger partial charge >= 0.3 is 5.97 Å². The van der Waals surface area contributed by atoms with E-state index in [-0.39, 0.29) is 18.4 Å². The molecule has 1 saturated heterocycles. The quantitative estimate of drug-likeness (QED) is 0.764. The molecular formula is C18H23ClN2O5. The third-order valence-electron chi connectivity index (χ3n) is 4.20. The molecule has 0 spiro atoms. The molecule has 1 heterocycles. The van der Waals surface area contributed by atoms with Gasteiger partial charge in [0.15, 0.2) is 6.10 Å². The molecule has 0 aliphatic carbocycles. The van der Waals surface area contributed by atoms with Crippen LogP contribution in [-0.4, -0.2) is 48.5 Å². The predicted octanol–water partition coefficient (Wildman–Crippen LogP) is 2.48. The number of amides is 2. The lowest BCUT2D eigenvalue weighted by atomic mass is 10.1. The maximum absolute atomic E-state index is 12.3. The third-order valence-corrected chi connectivity index (χ3v) is 4.43. The Hall–Kier alpha value is -2.28. The second-order valence-electron chi connectivity index (χ2n) is 6.45. The summed E-state index contributed by atoms with van der Waals surface area (Å²) in [4.78, 5) is 38.1. The Morgan fingerprint density at radius 3 is 2.58 bits per heavy atom. The first-order valence-corrected chi connectivity index (χ1v) is 8.75. The molecule has 0 aromatic heterocycles. The molecule has 7 nitrogen and oxygen atoms in total. The van der Waals surface area contributed by atoms with Gasteiger partial charge in [0.2, 0.25) is 5.91 Å². The number of carbonyl (C=O) groups is 3. The number of anilines is 1. The van der Waals surface area contributed by atoms with Gasteiger partial charge in [-0.05, 0) is 39.0 Å². The van der Waals surface area contributed by atoms with E-state index in [1.165, 1.54) is 14.0 Å². The molecule has 1 aliphatic rings. The first-order chi connectivity index (χ1) is 12.2. The van der Waals surface area contributed by atoms with E-state index in [1.54, 1.807) is 23.1 Å². The van der Waals surface area contributed by atoms with E-state index in [9.17, 15) is 14.4 Å². The number of nitrogens with zero attached hydrogens (tertiary/aromatic N) is 1. The van der Waals surface area contributed by atoms with Crippen LogP contribution in [0.1, 0.15) is 27.2 Å². The van der Waals surface area contributed by atoms with Crippen LogP contribution in [0, 0.1) is 5.92 Å². The maximum atomic E-state index is 12.3. The van der Waals surface area contributed by atoms with E-state index >= 15 is 0 Å². The Labute approximate surface area is 157 Å². The summed E-state index contributed by atoms with van der Waals surface area (Å²) in [6, 6.07) is 4.83. The molecule has 8 heteroatoms. The summed E-state index contributed by atoms with van der Waals surface area (Å²) in [5.74, 6) is -1.26. The minimum atomic E-state index is -1.02. The molecule has 2 rings (SSSR count). The van der Waals surface area contributed by atoms with Gasteiger partial charge in [-0.25, -0.2) is 0 Å². The van der Waals surface area contributed by atoms with Gasteiger partial charge in [-0.3, -0.25) is 14.4 Å². The summed E-state index contributed by atoms with van der Waals surface area (Å²) in [6.45, 7) is 5.56. The van der Waals surface area contributed by atoms with Crippen molar-refractivity contribution in [2.24, 2.45) is 5.92 Å². The lowest BCUT2D eigenvalue weighted by Gasteiger charge is -2.21. The van der Waals surface area contributed by atoms with Crippen LogP contribution in [0.15, 0.2) is 18.2 Å². The van der Waals surface area contributed by atoms with Crippen molar-refractivity contribution in [3.8, 4) is 5.75 Å². The van der Waals surface area contributed by atoms with E-state index in [0.717, 1.165) is 0 Å². The number of carbonyl (C=O) groups excluding carboxylic acids is 3. The number of ether oxygens (including phenoxy) is 2. The number of nitrogens with one attached hydrogen (secondary N) is 1. The summed E-state index contributed by atoms with van der Waals surface area (Å²) >= 11 is 5.93. The monoisotopic (exact) mass is 382 g/mol. The van der Waals surface area contributed by atoms with Crippen molar-refractivity contribution in [3.63, 3.8) is 0 Å². The maximum Gasteiger partial charge on any atom is 0.312 e. The molecular weight excluding hydrogens is 360 g/mol. The van der Waals surface area contributed by atoms with Crippen molar-refractivity contribution >= 4 is 35.1 Å². The van der Waals surface area contributed by atoms with Crippen LogP contribution in [0.5, 0.6) is 5.75 Å². The highest BCUT2D eigenvalue weighted by atomic mass is 35.5. The largest absolute Gasteiger partial charge is 0.495 e. The molecule has 2 amide bonds. The van der Waals surface area contributed by atoms with Crippen LogP contribution < -0.4 is 10.1 Å². The zero-order chi connectivity index (χ0) is 19.4. The van der Waals surface area contributed by atoms with E-state index < -0.39 is 23.9 Å². The molecule has 2 unspecified atom stereocenters. The van der Waals surface area contributed by atoms with Crippen molar-refractivity contribution in [1.82, 2.24) is 4.90 Å². The van der Waals surface area contributed by atoms with Crippen molar-refractivity contribution in [3.05, 3.63) is 23.2 Å². The molecule has 1 aliphatic heterocycles. The number of hydrogen-bond acceptors (Lipinski definition) is 5. The lowest BCUT2D eigenvalue weighted by molar-refractivity contribution is -0.157. The number of esters is 1.